The number of rotatable bonds is 8. The first-order valence-corrected chi connectivity index (χ1v) is 13.7. The number of aromatic carboxylic acids is 1. The van der Waals surface area contributed by atoms with Gasteiger partial charge in [-0.2, -0.15) is 22.1 Å². The fourth-order valence-electron chi connectivity index (χ4n) is 4.23. The molecule has 2 amide bonds. The molecule has 16 nitrogen and oxygen atoms in total. The number of carbonyl (C=O) groups excluding carboxylic acids is 2. The lowest BCUT2D eigenvalue weighted by Gasteiger charge is -2.49. The highest BCUT2D eigenvalue weighted by Gasteiger charge is 2.55. The van der Waals surface area contributed by atoms with Crippen LogP contribution in [-0.4, -0.2) is 93.4 Å². The van der Waals surface area contributed by atoms with Crippen LogP contribution in [0.15, 0.2) is 27.9 Å². The molecular weight excluding hydrogens is 586 g/mol. The van der Waals surface area contributed by atoms with Crippen molar-refractivity contribution < 1.29 is 34.2 Å². The number of aliphatic carboxylic acids is 1. The van der Waals surface area contributed by atoms with Crippen molar-refractivity contribution in [1.29, 1.82) is 0 Å². The zero-order valence-corrected chi connectivity index (χ0v) is 23.0. The minimum atomic E-state index is -1.37. The number of carbonyl (C=O) groups is 4. The average Bonchev–Trinajstić information content (AvgIpc) is 3.54. The molecule has 0 aliphatic carbocycles. The molecule has 0 radical (unpaired) electrons. The number of carboxylic acid groups (broad SMARTS) is 2. The number of thioether (sulfide) groups is 1. The highest BCUT2D eigenvalue weighted by molar-refractivity contribution is 8.00. The van der Waals surface area contributed by atoms with Gasteiger partial charge in [-0.25, -0.2) is 19.6 Å². The van der Waals surface area contributed by atoms with E-state index in [1.165, 1.54) is 28.8 Å². The molecular formula is C21H19N9O7S3. The molecule has 0 saturated carbocycles. The molecule has 0 bridgehead atoms. The Labute approximate surface area is 237 Å². The van der Waals surface area contributed by atoms with E-state index in [0.717, 1.165) is 16.2 Å². The van der Waals surface area contributed by atoms with E-state index < -0.39 is 46.2 Å². The van der Waals surface area contributed by atoms with E-state index in [-0.39, 0.29) is 39.3 Å². The first kappa shape index (κ1) is 27.3. The highest BCUT2D eigenvalue weighted by Crippen LogP contribution is 2.45. The molecule has 2 aliphatic heterocycles. The van der Waals surface area contributed by atoms with E-state index in [1.54, 1.807) is 13.0 Å². The lowest BCUT2D eigenvalue weighted by atomic mass is 10.00. The van der Waals surface area contributed by atoms with Gasteiger partial charge in [-0.3, -0.25) is 14.5 Å². The summed E-state index contributed by atoms with van der Waals surface area (Å²) < 4.78 is 1.18. The number of nitrogens with zero attached hydrogens (tertiary/aromatic N) is 7. The molecule has 1 unspecified atom stereocenters. The van der Waals surface area contributed by atoms with Crippen LogP contribution in [0.2, 0.25) is 0 Å². The summed E-state index contributed by atoms with van der Waals surface area (Å²) in [4.78, 5) is 67.9. The van der Waals surface area contributed by atoms with Crippen LogP contribution in [0.5, 0.6) is 0 Å². The third kappa shape index (κ3) is 4.60. The number of hydrogen-bond donors (Lipinski definition) is 5. The number of amides is 2. The van der Waals surface area contributed by atoms with E-state index in [9.17, 15) is 29.4 Å². The molecule has 2 aliphatic rings. The number of thiazole rings is 1. The number of nitrogen functional groups attached to an aromatic ring is 1. The van der Waals surface area contributed by atoms with Gasteiger partial charge in [0.15, 0.2) is 10.8 Å². The Morgan fingerprint density at radius 3 is 2.65 bits per heavy atom. The van der Waals surface area contributed by atoms with E-state index in [2.05, 4.69) is 43.2 Å². The van der Waals surface area contributed by atoms with Gasteiger partial charge in [-0.15, -0.1) is 28.2 Å². The third-order valence-electron chi connectivity index (χ3n) is 5.92. The molecule has 3 atom stereocenters. The molecule has 3 aromatic rings. The van der Waals surface area contributed by atoms with Crippen LogP contribution >= 0.6 is 35.7 Å². The number of fused-ring (bicyclic) bond motifs is 2. The Morgan fingerprint density at radius 1 is 1.27 bits per heavy atom. The van der Waals surface area contributed by atoms with Gasteiger partial charge in [0.2, 0.25) is 0 Å². The highest BCUT2D eigenvalue weighted by atomic mass is 32.2. The maximum atomic E-state index is 13.2. The molecule has 5 N–H and O–H groups in total. The topological polar surface area (TPSA) is 228 Å². The fraction of sp³-hybridized carbons (Fsp3) is 0.286. The Morgan fingerprint density at radius 2 is 2.02 bits per heavy atom. The molecule has 1 fully saturated rings. The van der Waals surface area contributed by atoms with Gasteiger partial charge >= 0.3 is 11.9 Å². The second-order valence-electron chi connectivity index (χ2n) is 8.41. The van der Waals surface area contributed by atoms with Gasteiger partial charge in [0.05, 0.1) is 10.9 Å². The van der Waals surface area contributed by atoms with Crippen LogP contribution in [0.4, 0.5) is 5.13 Å². The normalized spacial score (nSPS) is 19.7. The molecule has 40 heavy (non-hydrogen) atoms. The first-order valence-electron chi connectivity index (χ1n) is 11.2. The summed E-state index contributed by atoms with van der Waals surface area (Å²) >= 11 is 6.96. The maximum absolute atomic E-state index is 13.2. The Balaban J connectivity index is 1.45. The Bertz CT molecular complexity index is 1650. The summed E-state index contributed by atoms with van der Waals surface area (Å²) in [5.41, 5.74) is 6.38. The van der Waals surface area contributed by atoms with Crippen LogP contribution in [0.1, 0.15) is 33.0 Å². The number of hydrogen-bond acceptors (Lipinski definition) is 14. The van der Waals surface area contributed by atoms with Crippen LogP contribution in [0.25, 0.3) is 5.78 Å². The number of nitrogens with two attached hydrogens (primary N) is 1. The number of carboxylic acids is 2. The van der Waals surface area contributed by atoms with Crippen molar-refractivity contribution in [2.24, 2.45) is 5.16 Å². The van der Waals surface area contributed by atoms with Gasteiger partial charge in [0.1, 0.15) is 29.9 Å². The third-order valence-corrected chi connectivity index (χ3v) is 8.47. The maximum Gasteiger partial charge on any atom is 0.375 e. The predicted octanol–water partition coefficient (Wildman–Crippen LogP) is -0.0702. The van der Waals surface area contributed by atoms with Crippen LogP contribution in [0, 0.1) is 6.92 Å². The summed E-state index contributed by atoms with van der Waals surface area (Å²) in [5, 5.41) is 29.7. The van der Waals surface area contributed by atoms with E-state index >= 15 is 0 Å². The minimum Gasteiger partial charge on any atom is -0.477 e. The second-order valence-corrected chi connectivity index (χ2v) is 10.9. The minimum absolute atomic E-state index is 0.00321. The van der Waals surface area contributed by atoms with E-state index in [0.29, 0.717) is 11.4 Å². The number of aryl methyl sites for hydroxylation is 1. The van der Waals surface area contributed by atoms with Crippen LogP contribution in [-0.2, 0) is 19.2 Å². The largest absolute Gasteiger partial charge is 0.477 e. The van der Waals surface area contributed by atoms with Crippen molar-refractivity contribution >= 4 is 76.1 Å². The summed E-state index contributed by atoms with van der Waals surface area (Å²) in [6, 6.07) is 0.532. The molecule has 5 heterocycles. The Hall–Kier alpha value is -4.23. The first-order chi connectivity index (χ1) is 19.0. The Kier molecular flexibility index (Phi) is 7.10. The number of thiol groups is 1. The molecule has 5 rings (SSSR count). The lowest BCUT2D eigenvalue weighted by Crippen LogP contribution is -2.71. The summed E-state index contributed by atoms with van der Waals surface area (Å²) in [7, 11) is 1.25. The molecule has 1 saturated heterocycles. The van der Waals surface area contributed by atoms with Crippen molar-refractivity contribution in [3.8, 4) is 0 Å². The molecule has 0 aromatic carbocycles. The van der Waals surface area contributed by atoms with Crippen LogP contribution < -0.4 is 11.1 Å². The van der Waals surface area contributed by atoms with Gasteiger partial charge < -0.3 is 26.1 Å². The van der Waals surface area contributed by atoms with Gasteiger partial charge in [-0.05, 0) is 18.6 Å². The zero-order valence-electron chi connectivity index (χ0n) is 20.5. The summed E-state index contributed by atoms with van der Waals surface area (Å²) in [6.45, 7) is 1.66. The zero-order chi connectivity index (χ0) is 28.9. The number of nitrogens with one attached hydrogen (secondary N) is 1. The summed E-state index contributed by atoms with van der Waals surface area (Å²) in [5.74, 6) is -4.49. The average molecular weight is 606 g/mol. The van der Waals surface area contributed by atoms with Gasteiger partial charge in [0, 0.05) is 16.8 Å². The smallest absolute Gasteiger partial charge is 0.375 e. The van der Waals surface area contributed by atoms with Crippen molar-refractivity contribution in [1.82, 2.24) is 34.8 Å². The monoisotopic (exact) mass is 605 g/mol. The SMILES string of the molecule is CON=C(C(=O)N[C@@H]1C(=O)N2C(C(=O)O)=C(C(S)c3cc(C)nc4nc(C(=O)O)nn34)CS[C@H]12)c1csc(N)n1. The number of aromatic nitrogens is 5. The standard InChI is InChI=1S/C21H19N9O7S3/c1-6-3-9(30-21(23-6)26-14(27-30)19(35)36)13(38)7-4-39-17-11(16(32)29(17)12(7)18(33)34)25-15(31)10(28-37-2)8-5-40-20(22)24-8/h3,5,11,13,17,38H,4H2,1-2H3,(H2,22,24)(H,25,31)(H,33,34)(H,35,36)/t11-,13?,17-/m1/s1. The summed E-state index contributed by atoms with van der Waals surface area (Å²) in [6.07, 6.45) is 0. The van der Waals surface area contributed by atoms with Crippen molar-refractivity contribution in [2.75, 3.05) is 18.6 Å². The molecule has 3 aromatic heterocycles. The quantitative estimate of drug-likeness (QED) is 0.0981. The lowest BCUT2D eigenvalue weighted by molar-refractivity contribution is -0.150. The van der Waals surface area contributed by atoms with E-state index in [1.807, 2.05) is 0 Å². The fourth-order valence-corrected chi connectivity index (χ4v) is 6.69. The van der Waals surface area contributed by atoms with Crippen molar-refractivity contribution in [3.63, 3.8) is 0 Å². The molecule has 208 valence electrons. The van der Waals surface area contributed by atoms with Crippen molar-refractivity contribution in [2.45, 2.75) is 23.6 Å². The number of β-lactam (4-membered cyclic amide) rings is 1. The van der Waals surface area contributed by atoms with Crippen LogP contribution in [0.3, 0.4) is 0 Å². The van der Waals surface area contributed by atoms with Crippen molar-refractivity contribution in [3.05, 3.63) is 45.6 Å². The molecule has 0 spiro atoms. The molecule has 19 heteroatoms. The van der Waals surface area contributed by atoms with Gasteiger partial charge in [0.25, 0.3) is 23.4 Å². The predicted molar refractivity (Wildman–Crippen MR) is 144 cm³/mol. The second kappa shape index (κ2) is 10.4. The number of oxime groups is 1. The number of anilines is 1. The van der Waals surface area contributed by atoms with Gasteiger partial charge in [-0.1, -0.05) is 5.16 Å². The van der Waals surface area contributed by atoms with E-state index in [4.69, 9.17) is 10.6 Å².